The zero-order valence-corrected chi connectivity index (χ0v) is 23.3. The minimum atomic E-state index is -3.63. The number of nitrogens with zero attached hydrogens (tertiary/aromatic N) is 2. The molecule has 1 atom stereocenters. The lowest BCUT2D eigenvalue weighted by atomic mass is 10.1. The van der Waals surface area contributed by atoms with Gasteiger partial charge in [-0.25, -0.2) is 8.42 Å². The Morgan fingerprint density at radius 1 is 1.08 bits per heavy atom. The average molecular weight is 559 g/mol. The van der Waals surface area contributed by atoms with Crippen molar-refractivity contribution in [3.05, 3.63) is 58.1 Å². The molecular weight excluding hydrogens is 525 g/mol. The molecule has 0 fully saturated rings. The predicted octanol–water partition coefficient (Wildman–Crippen LogP) is 4.49. The van der Waals surface area contributed by atoms with Gasteiger partial charge in [0, 0.05) is 26.1 Å². The van der Waals surface area contributed by atoms with Gasteiger partial charge >= 0.3 is 0 Å². The number of anilines is 1. The maximum Gasteiger partial charge on any atom is 0.242 e. The fourth-order valence-corrected chi connectivity index (χ4v) is 5.15. The zero-order chi connectivity index (χ0) is 26.9. The molecule has 2 rings (SSSR count). The van der Waals surface area contributed by atoms with E-state index >= 15 is 0 Å². The van der Waals surface area contributed by atoms with Gasteiger partial charge in [-0.3, -0.25) is 13.9 Å². The van der Waals surface area contributed by atoms with Crippen molar-refractivity contribution in [1.29, 1.82) is 0 Å². The molecule has 0 aliphatic rings. The Labute approximate surface area is 223 Å². The Morgan fingerprint density at radius 2 is 1.78 bits per heavy atom. The van der Waals surface area contributed by atoms with Crippen LogP contribution in [0, 0.1) is 0 Å². The molecule has 1 N–H and O–H groups in total. The van der Waals surface area contributed by atoms with Gasteiger partial charge in [-0.15, -0.1) is 0 Å². The van der Waals surface area contributed by atoms with Crippen LogP contribution >= 0.6 is 23.2 Å². The lowest BCUT2D eigenvalue weighted by molar-refractivity contribution is -0.141. The van der Waals surface area contributed by atoms with Crippen LogP contribution in [0.2, 0.25) is 10.0 Å². The first-order valence-electron chi connectivity index (χ1n) is 11.6. The summed E-state index contributed by atoms with van der Waals surface area (Å²) in [5.74, 6) is -0.106. The van der Waals surface area contributed by atoms with Crippen LogP contribution in [0.25, 0.3) is 0 Å². The monoisotopic (exact) mass is 557 g/mol. The van der Waals surface area contributed by atoms with Crippen LogP contribution in [-0.4, -0.2) is 57.6 Å². The Kier molecular flexibility index (Phi) is 11.3. The van der Waals surface area contributed by atoms with Crippen LogP contribution in [0.1, 0.15) is 38.7 Å². The van der Waals surface area contributed by atoms with Gasteiger partial charge in [0.15, 0.2) is 0 Å². The first-order valence-corrected chi connectivity index (χ1v) is 14.3. The minimum absolute atomic E-state index is 0.0401. The summed E-state index contributed by atoms with van der Waals surface area (Å²) in [7, 11) is -2.16. The summed E-state index contributed by atoms with van der Waals surface area (Å²) < 4.78 is 31.6. The van der Waals surface area contributed by atoms with Crippen LogP contribution in [0.5, 0.6) is 5.75 Å². The number of rotatable bonds is 13. The van der Waals surface area contributed by atoms with Crippen molar-refractivity contribution in [2.75, 3.05) is 30.8 Å². The van der Waals surface area contributed by atoms with Gasteiger partial charge < -0.3 is 15.0 Å². The van der Waals surface area contributed by atoms with Gasteiger partial charge in [0.25, 0.3) is 0 Å². The number of halogens is 2. The number of para-hydroxylation sites is 2. The molecule has 0 bridgehead atoms. The fraction of sp³-hybridized carbons (Fsp3) is 0.440. The topological polar surface area (TPSA) is 96.0 Å². The first kappa shape index (κ1) is 29.7. The molecule has 0 aliphatic heterocycles. The summed E-state index contributed by atoms with van der Waals surface area (Å²) in [5, 5.41) is 3.53. The van der Waals surface area contributed by atoms with Crippen molar-refractivity contribution in [2.45, 2.75) is 45.7 Å². The van der Waals surface area contributed by atoms with E-state index in [1.165, 1.54) is 16.3 Å². The van der Waals surface area contributed by atoms with Crippen molar-refractivity contribution in [3.63, 3.8) is 0 Å². The van der Waals surface area contributed by atoms with Crippen molar-refractivity contribution in [1.82, 2.24) is 10.2 Å². The molecule has 11 heteroatoms. The number of nitrogens with one attached hydrogen (secondary N) is 1. The van der Waals surface area contributed by atoms with Crippen molar-refractivity contribution >= 4 is 50.7 Å². The van der Waals surface area contributed by atoms with Crippen LogP contribution in [0.4, 0.5) is 5.69 Å². The molecule has 0 saturated carbocycles. The van der Waals surface area contributed by atoms with Gasteiger partial charge in [0.05, 0.1) is 29.1 Å². The number of methoxy groups -OCH3 is 1. The standard InChI is InChI=1S/C25H33Cl2N3O5S/c1-5-21(25(32)28-6-2)29(17-18-13-14-19(26)20(27)16-18)24(31)12-9-15-30(36(4,33)34)22-10-7-8-11-23(22)35-3/h7-8,10-11,13-14,16,21H,5-6,9,12,15,17H2,1-4H3,(H,28,32)/t21-/m1/s1. The fourth-order valence-electron chi connectivity index (χ4n) is 3.86. The maximum atomic E-state index is 13.4. The molecular formula is C25H33Cl2N3O5S. The lowest BCUT2D eigenvalue weighted by Crippen LogP contribution is -2.49. The molecule has 0 aromatic heterocycles. The molecule has 2 aromatic carbocycles. The number of amides is 2. The smallest absolute Gasteiger partial charge is 0.242 e. The quantitative estimate of drug-likeness (QED) is 0.391. The molecule has 0 spiro atoms. The number of hydrogen-bond donors (Lipinski definition) is 1. The largest absolute Gasteiger partial charge is 0.495 e. The maximum absolute atomic E-state index is 13.4. The van der Waals surface area contributed by atoms with Crippen LogP contribution in [0.15, 0.2) is 42.5 Å². The second-order valence-corrected chi connectivity index (χ2v) is 10.9. The summed E-state index contributed by atoms with van der Waals surface area (Å²) in [6.07, 6.45) is 1.81. The molecule has 198 valence electrons. The van der Waals surface area contributed by atoms with Crippen LogP contribution in [-0.2, 0) is 26.2 Å². The third kappa shape index (κ3) is 8.01. The Bertz CT molecular complexity index is 1160. The lowest BCUT2D eigenvalue weighted by Gasteiger charge is -2.31. The zero-order valence-electron chi connectivity index (χ0n) is 21.0. The third-order valence-electron chi connectivity index (χ3n) is 5.58. The van der Waals surface area contributed by atoms with E-state index in [9.17, 15) is 18.0 Å². The molecule has 36 heavy (non-hydrogen) atoms. The third-order valence-corrected chi connectivity index (χ3v) is 7.50. The Hall–Kier alpha value is -2.49. The highest BCUT2D eigenvalue weighted by Gasteiger charge is 2.29. The average Bonchev–Trinajstić information content (AvgIpc) is 2.83. The SMILES string of the molecule is CCNC(=O)[C@@H](CC)N(Cc1ccc(Cl)c(Cl)c1)C(=O)CCCN(c1ccccc1OC)S(C)(=O)=O. The second-order valence-electron chi connectivity index (χ2n) is 8.20. The van der Waals surface area contributed by atoms with E-state index in [1.54, 1.807) is 42.5 Å². The van der Waals surface area contributed by atoms with E-state index in [0.29, 0.717) is 34.4 Å². The molecule has 0 aliphatic carbocycles. The van der Waals surface area contributed by atoms with E-state index in [4.69, 9.17) is 27.9 Å². The summed E-state index contributed by atoms with van der Waals surface area (Å²) in [5.41, 5.74) is 1.13. The van der Waals surface area contributed by atoms with Gasteiger partial charge in [-0.05, 0) is 49.6 Å². The number of carbonyl (C=O) groups is 2. The molecule has 8 nitrogen and oxygen atoms in total. The molecule has 2 aromatic rings. The van der Waals surface area contributed by atoms with Crippen LogP contribution in [0.3, 0.4) is 0 Å². The number of ether oxygens (including phenoxy) is 1. The number of sulfonamides is 1. The van der Waals surface area contributed by atoms with E-state index in [1.807, 2.05) is 13.8 Å². The van der Waals surface area contributed by atoms with Crippen molar-refractivity contribution in [2.24, 2.45) is 0 Å². The van der Waals surface area contributed by atoms with Gasteiger partial charge in [0.1, 0.15) is 11.8 Å². The summed E-state index contributed by atoms with van der Waals surface area (Å²) in [4.78, 5) is 27.7. The Balaban J connectivity index is 2.25. The van der Waals surface area contributed by atoms with Gasteiger partial charge in [-0.2, -0.15) is 0 Å². The summed E-state index contributed by atoms with van der Waals surface area (Å²) in [6, 6.07) is 11.2. The number of benzene rings is 2. The van der Waals surface area contributed by atoms with Crippen LogP contribution < -0.4 is 14.4 Å². The molecule has 0 saturated heterocycles. The number of hydrogen-bond acceptors (Lipinski definition) is 5. The highest BCUT2D eigenvalue weighted by Crippen LogP contribution is 2.30. The minimum Gasteiger partial charge on any atom is -0.495 e. The molecule has 2 amide bonds. The predicted molar refractivity (Wildman–Crippen MR) is 144 cm³/mol. The highest BCUT2D eigenvalue weighted by atomic mass is 35.5. The highest BCUT2D eigenvalue weighted by molar-refractivity contribution is 7.92. The first-order chi connectivity index (χ1) is 17.0. The van der Waals surface area contributed by atoms with Gasteiger partial charge in [-0.1, -0.05) is 48.3 Å². The normalized spacial score (nSPS) is 12.1. The number of carbonyl (C=O) groups excluding carboxylic acids is 2. The molecule has 0 heterocycles. The van der Waals surface area contributed by atoms with Crippen molar-refractivity contribution < 1.29 is 22.7 Å². The molecule has 0 radical (unpaired) electrons. The number of likely N-dealkylation sites (N-methyl/N-ethyl adjacent to an activating group) is 1. The summed E-state index contributed by atoms with van der Waals surface area (Å²) >= 11 is 12.2. The van der Waals surface area contributed by atoms with E-state index in [-0.39, 0.29) is 37.7 Å². The van der Waals surface area contributed by atoms with Crippen molar-refractivity contribution in [3.8, 4) is 5.75 Å². The van der Waals surface area contributed by atoms with E-state index in [0.717, 1.165) is 11.8 Å². The summed E-state index contributed by atoms with van der Waals surface area (Å²) in [6.45, 7) is 4.32. The Morgan fingerprint density at radius 3 is 2.36 bits per heavy atom. The van der Waals surface area contributed by atoms with E-state index < -0.39 is 16.1 Å². The second kappa shape index (κ2) is 13.7. The molecule has 0 unspecified atom stereocenters. The van der Waals surface area contributed by atoms with Gasteiger partial charge in [0.2, 0.25) is 21.8 Å². The van der Waals surface area contributed by atoms with E-state index in [2.05, 4.69) is 5.32 Å².